The molecule has 2 aliphatic heterocycles. The first-order valence-corrected chi connectivity index (χ1v) is 12.6. The summed E-state index contributed by atoms with van der Waals surface area (Å²) in [6, 6.07) is 13.0. The van der Waals surface area contributed by atoms with Gasteiger partial charge < -0.3 is 4.90 Å². The highest BCUT2D eigenvalue weighted by Crippen LogP contribution is 2.48. The molecule has 1 saturated heterocycles. The van der Waals surface area contributed by atoms with Crippen LogP contribution in [0.15, 0.2) is 65.3 Å². The first kappa shape index (κ1) is 24.1. The smallest absolute Gasteiger partial charge is 0.258 e. The molecule has 0 unspecified atom stereocenters. The van der Waals surface area contributed by atoms with Gasteiger partial charge in [-0.3, -0.25) is 9.69 Å². The van der Waals surface area contributed by atoms with Gasteiger partial charge in [0.2, 0.25) is 0 Å². The van der Waals surface area contributed by atoms with Crippen molar-refractivity contribution >= 4 is 45.2 Å². The fourth-order valence-electron chi connectivity index (χ4n) is 5.07. The zero-order chi connectivity index (χ0) is 24.6. The summed E-state index contributed by atoms with van der Waals surface area (Å²) >= 11 is 9.64. The zero-order valence-electron chi connectivity index (χ0n) is 18.9. The van der Waals surface area contributed by atoms with E-state index in [2.05, 4.69) is 31.9 Å². The van der Waals surface area contributed by atoms with Crippen LogP contribution < -0.4 is 4.90 Å². The number of carbonyl (C=O) groups excluding carboxylic acids is 1. The molecule has 8 heteroatoms. The van der Waals surface area contributed by atoms with Gasteiger partial charge in [-0.25, -0.2) is 13.8 Å². The van der Waals surface area contributed by atoms with Gasteiger partial charge in [0.05, 0.1) is 0 Å². The highest BCUT2D eigenvalue weighted by molar-refractivity contribution is 9.10. The Balaban J connectivity index is 1.31. The van der Waals surface area contributed by atoms with Crippen molar-refractivity contribution in [2.24, 2.45) is 0 Å². The third-order valence-electron chi connectivity index (χ3n) is 6.94. The van der Waals surface area contributed by atoms with Gasteiger partial charge in [0.15, 0.2) is 0 Å². The van der Waals surface area contributed by atoms with Crippen molar-refractivity contribution in [3.63, 3.8) is 0 Å². The highest BCUT2D eigenvalue weighted by Gasteiger charge is 2.46. The molecule has 1 fully saturated rings. The molecule has 0 bridgehead atoms. The van der Waals surface area contributed by atoms with E-state index < -0.39 is 11.6 Å². The summed E-state index contributed by atoms with van der Waals surface area (Å²) in [7, 11) is 0. The Labute approximate surface area is 216 Å². The predicted molar refractivity (Wildman–Crippen MR) is 138 cm³/mol. The maximum atomic E-state index is 13.9. The lowest BCUT2D eigenvalue weighted by Gasteiger charge is -2.39. The average Bonchev–Trinajstić information content (AvgIpc) is 3.14. The second kappa shape index (κ2) is 9.80. The number of fused-ring (bicyclic) bond motifs is 2. The van der Waals surface area contributed by atoms with Crippen molar-refractivity contribution in [1.82, 2.24) is 9.88 Å². The van der Waals surface area contributed by atoms with E-state index in [0.717, 1.165) is 42.2 Å². The zero-order valence-corrected chi connectivity index (χ0v) is 21.2. The summed E-state index contributed by atoms with van der Waals surface area (Å²) in [4.78, 5) is 21.6. The van der Waals surface area contributed by atoms with Crippen molar-refractivity contribution in [2.45, 2.75) is 18.3 Å². The lowest BCUT2D eigenvalue weighted by atomic mass is 9.74. The number of pyridine rings is 1. The van der Waals surface area contributed by atoms with Gasteiger partial charge in [-0.1, -0.05) is 39.7 Å². The van der Waals surface area contributed by atoms with Crippen molar-refractivity contribution in [3.05, 3.63) is 98.8 Å². The number of aromatic nitrogens is 1. The van der Waals surface area contributed by atoms with Gasteiger partial charge in [0.1, 0.15) is 16.8 Å². The summed E-state index contributed by atoms with van der Waals surface area (Å²) in [5.74, 6) is -1.22. The maximum Gasteiger partial charge on any atom is 0.258 e. The minimum Gasteiger partial charge on any atom is -0.307 e. The molecule has 35 heavy (non-hydrogen) atoms. The molecule has 4 nitrogen and oxygen atoms in total. The van der Waals surface area contributed by atoms with Gasteiger partial charge >= 0.3 is 0 Å². The number of likely N-dealkylation sites (tertiary alicyclic amines) is 1. The summed E-state index contributed by atoms with van der Waals surface area (Å²) in [5, 5.41) is 0.294. The number of hydrogen-bond acceptors (Lipinski definition) is 3. The lowest BCUT2D eigenvalue weighted by molar-refractivity contribution is 0.0977. The highest BCUT2D eigenvalue weighted by atomic mass is 79.9. The quantitative estimate of drug-likeness (QED) is 0.344. The van der Waals surface area contributed by atoms with Crippen molar-refractivity contribution in [2.75, 3.05) is 31.1 Å². The van der Waals surface area contributed by atoms with Gasteiger partial charge in [-0.05, 0) is 74.0 Å². The fourth-order valence-corrected chi connectivity index (χ4v) is 5.61. The standard InChI is InChI=1S/C27H23BrClF2N3O/c28-20-4-6-24-22(15-20)27(17-34(24)26(35)19-7-10-32-25(29)14-19)8-12-33(13-9-27)11-1-2-18-3-5-21(30)16-23(18)31/h1-7,10,14-16H,8-9,11-13,17H2/b2-1+. The van der Waals surface area contributed by atoms with E-state index in [1.807, 2.05) is 23.1 Å². The number of piperidine rings is 1. The van der Waals surface area contributed by atoms with E-state index in [1.54, 1.807) is 24.4 Å². The average molecular weight is 559 g/mol. The molecule has 2 aromatic carbocycles. The van der Waals surface area contributed by atoms with Crippen LogP contribution in [0, 0.1) is 11.6 Å². The van der Waals surface area contributed by atoms with Crippen LogP contribution in [-0.2, 0) is 5.41 Å². The van der Waals surface area contributed by atoms with Crippen molar-refractivity contribution in [3.8, 4) is 0 Å². The molecule has 0 aliphatic carbocycles. The van der Waals surface area contributed by atoms with Gasteiger partial charge in [-0.2, -0.15) is 0 Å². The van der Waals surface area contributed by atoms with Crippen LogP contribution in [0.25, 0.3) is 6.08 Å². The Morgan fingerprint density at radius 2 is 1.91 bits per heavy atom. The molecule has 1 aromatic heterocycles. The first-order valence-electron chi connectivity index (χ1n) is 11.4. The largest absolute Gasteiger partial charge is 0.307 e. The molecule has 0 radical (unpaired) electrons. The summed E-state index contributed by atoms with van der Waals surface area (Å²) in [6.45, 7) is 3.00. The fraction of sp³-hybridized carbons (Fsp3) is 0.259. The number of halogens is 4. The monoisotopic (exact) mass is 557 g/mol. The summed E-state index contributed by atoms with van der Waals surface area (Å²) in [6.07, 6.45) is 6.96. The second-order valence-electron chi connectivity index (χ2n) is 9.07. The first-order chi connectivity index (χ1) is 16.8. The number of rotatable bonds is 4. The Bertz CT molecular complexity index is 1310. The van der Waals surface area contributed by atoms with Crippen LogP contribution >= 0.6 is 27.5 Å². The van der Waals surface area contributed by atoms with E-state index in [0.29, 0.717) is 29.4 Å². The van der Waals surface area contributed by atoms with E-state index in [1.165, 1.54) is 17.7 Å². The molecule has 1 spiro atoms. The third-order valence-corrected chi connectivity index (χ3v) is 7.64. The molecule has 1 amide bonds. The lowest BCUT2D eigenvalue weighted by Crippen LogP contribution is -2.46. The Morgan fingerprint density at radius 3 is 2.66 bits per heavy atom. The van der Waals surface area contributed by atoms with E-state index in [-0.39, 0.29) is 11.3 Å². The molecule has 0 N–H and O–H groups in total. The number of benzene rings is 2. The van der Waals surface area contributed by atoms with E-state index in [9.17, 15) is 13.6 Å². The maximum absolute atomic E-state index is 13.9. The Morgan fingerprint density at radius 1 is 1.11 bits per heavy atom. The molecule has 3 aromatic rings. The molecule has 0 atom stereocenters. The van der Waals surface area contributed by atoms with Gasteiger partial charge in [0, 0.05) is 52.1 Å². The summed E-state index contributed by atoms with van der Waals surface area (Å²) < 4.78 is 28.0. The van der Waals surface area contributed by atoms with Crippen LogP contribution in [-0.4, -0.2) is 42.0 Å². The van der Waals surface area contributed by atoms with Gasteiger partial charge in [-0.15, -0.1) is 0 Å². The molecular weight excluding hydrogens is 536 g/mol. The van der Waals surface area contributed by atoms with Crippen molar-refractivity contribution < 1.29 is 13.6 Å². The number of anilines is 1. The predicted octanol–water partition coefficient (Wildman–Crippen LogP) is 6.48. The molecule has 180 valence electrons. The summed E-state index contributed by atoms with van der Waals surface area (Å²) in [5.41, 5.74) is 2.89. The van der Waals surface area contributed by atoms with Crippen LogP contribution in [0.3, 0.4) is 0 Å². The molecule has 2 aliphatic rings. The van der Waals surface area contributed by atoms with Gasteiger partial charge in [0.25, 0.3) is 5.91 Å². The molecular formula is C27H23BrClF2N3O. The van der Waals surface area contributed by atoms with Crippen LogP contribution in [0.1, 0.15) is 34.3 Å². The normalized spacial score (nSPS) is 17.3. The van der Waals surface area contributed by atoms with Crippen LogP contribution in [0.2, 0.25) is 5.15 Å². The Kier molecular flexibility index (Phi) is 6.75. The second-order valence-corrected chi connectivity index (χ2v) is 10.4. The minimum atomic E-state index is -0.580. The molecule has 3 heterocycles. The SMILES string of the molecule is O=C(c1ccnc(Cl)c1)N1CC2(CCN(C/C=C/c3ccc(F)cc3F)CC2)c2cc(Br)ccc21. The number of carbonyl (C=O) groups is 1. The number of hydrogen-bond donors (Lipinski definition) is 0. The molecule has 5 rings (SSSR count). The van der Waals surface area contributed by atoms with E-state index in [4.69, 9.17) is 11.6 Å². The van der Waals surface area contributed by atoms with Crippen LogP contribution in [0.5, 0.6) is 0 Å². The topological polar surface area (TPSA) is 36.4 Å². The molecule has 0 saturated carbocycles. The number of nitrogens with zero attached hydrogens (tertiary/aromatic N) is 3. The Hall–Kier alpha value is -2.61. The van der Waals surface area contributed by atoms with Crippen LogP contribution in [0.4, 0.5) is 14.5 Å². The van der Waals surface area contributed by atoms with E-state index >= 15 is 0 Å². The third kappa shape index (κ3) is 4.90. The number of amides is 1. The van der Waals surface area contributed by atoms with Crippen molar-refractivity contribution in [1.29, 1.82) is 0 Å². The minimum absolute atomic E-state index is 0.0820.